The lowest BCUT2D eigenvalue weighted by molar-refractivity contribution is 0.488. The third kappa shape index (κ3) is 4.10. The maximum Gasteiger partial charge on any atom is 0.169 e. The van der Waals surface area contributed by atoms with Crippen LogP contribution in [0.1, 0.15) is 37.7 Å². The van der Waals surface area contributed by atoms with Gasteiger partial charge in [0.1, 0.15) is 0 Å². The zero-order valence-electron chi connectivity index (χ0n) is 12.8. The number of hydrogen-bond donors (Lipinski definition) is 1. The van der Waals surface area contributed by atoms with Gasteiger partial charge >= 0.3 is 0 Å². The molecule has 0 spiro atoms. The summed E-state index contributed by atoms with van der Waals surface area (Å²) in [6, 6.07) is 9.61. The summed E-state index contributed by atoms with van der Waals surface area (Å²) in [5.74, 6) is 0. The van der Waals surface area contributed by atoms with E-state index >= 15 is 0 Å². The molecule has 0 atom stereocenters. The molecule has 0 amide bonds. The number of hydrogen-bond acceptors (Lipinski definition) is 2. The van der Waals surface area contributed by atoms with Crippen LogP contribution in [0.4, 0.5) is 5.69 Å². The first-order chi connectivity index (χ1) is 10.2. The molecule has 0 aromatic heterocycles. The van der Waals surface area contributed by atoms with Gasteiger partial charge in [-0.15, -0.1) is 0 Å². The van der Waals surface area contributed by atoms with E-state index < -0.39 is 0 Å². The predicted molar refractivity (Wildman–Crippen MR) is 92.7 cm³/mol. The second-order valence-electron chi connectivity index (χ2n) is 6.29. The van der Waals surface area contributed by atoms with Crippen LogP contribution < -0.4 is 10.2 Å². The van der Waals surface area contributed by atoms with Crippen molar-refractivity contribution in [2.45, 2.75) is 44.7 Å². The molecule has 1 aromatic rings. The second-order valence-corrected chi connectivity index (χ2v) is 6.68. The molecular formula is C17H25N3S. The van der Waals surface area contributed by atoms with E-state index in [2.05, 4.69) is 46.4 Å². The van der Waals surface area contributed by atoms with Gasteiger partial charge in [0, 0.05) is 38.4 Å². The predicted octanol–water partition coefficient (Wildman–Crippen LogP) is 3.15. The van der Waals surface area contributed by atoms with Gasteiger partial charge in [0.25, 0.3) is 0 Å². The standard InChI is InChI=1S/C17H25N3S/c1-19(17(21)18-15-7-8-15)13-14-5-9-16(10-6-14)20-11-3-2-4-12-20/h5-6,9-10,15H,2-4,7-8,11-13H2,1H3,(H,18,21). The number of thiocarbonyl (C=S) groups is 1. The summed E-state index contributed by atoms with van der Waals surface area (Å²) < 4.78 is 0. The van der Waals surface area contributed by atoms with E-state index in [1.54, 1.807) is 0 Å². The molecule has 3 nitrogen and oxygen atoms in total. The number of nitrogens with zero attached hydrogens (tertiary/aromatic N) is 2. The molecule has 2 fully saturated rings. The molecule has 4 heteroatoms. The molecule has 21 heavy (non-hydrogen) atoms. The highest BCUT2D eigenvalue weighted by Gasteiger charge is 2.22. The lowest BCUT2D eigenvalue weighted by atomic mass is 10.1. The molecule has 3 rings (SSSR count). The van der Waals surface area contributed by atoms with Gasteiger partial charge in [0.2, 0.25) is 0 Å². The Balaban J connectivity index is 1.54. The maximum atomic E-state index is 5.43. The van der Waals surface area contributed by atoms with E-state index in [9.17, 15) is 0 Å². The van der Waals surface area contributed by atoms with Gasteiger partial charge < -0.3 is 15.1 Å². The largest absolute Gasteiger partial charge is 0.372 e. The molecule has 0 unspecified atom stereocenters. The van der Waals surface area contributed by atoms with Gasteiger partial charge in [-0.1, -0.05) is 12.1 Å². The highest BCUT2D eigenvalue weighted by Crippen LogP contribution is 2.21. The molecule has 0 bridgehead atoms. The summed E-state index contributed by atoms with van der Waals surface area (Å²) in [6.07, 6.45) is 6.55. The smallest absolute Gasteiger partial charge is 0.169 e. The normalized spacial score (nSPS) is 18.4. The van der Waals surface area contributed by atoms with Crippen LogP contribution in [0.2, 0.25) is 0 Å². The maximum absolute atomic E-state index is 5.43. The van der Waals surface area contributed by atoms with Crippen molar-refractivity contribution in [1.29, 1.82) is 0 Å². The summed E-state index contributed by atoms with van der Waals surface area (Å²) in [4.78, 5) is 4.62. The van der Waals surface area contributed by atoms with E-state index in [0.717, 1.165) is 11.7 Å². The first-order valence-electron chi connectivity index (χ1n) is 8.08. The van der Waals surface area contributed by atoms with Crippen molar-refractivity contribution in [1.82, 2.24) is 10.2 Å². The molecule has 2 aliphatic rings. The fourth-order valence-electron chi connectivity index (χ4n) is 2.82. The number of rotatable bonds is 4. The Labute approximate surface area is 133 Å². The highest BCUT2D eigenvalue weighted by atomic mass is 32.1. The first kappa shape index (κ1) is 14.6. The summed E-state index contributed by atoms with van der Waals surface area (Å²) in [5.41, 5.74) is 2.68. The summed E-state index contributed by atoms with van der Waals surface area (Å²) in [7, 11) is 2.07. The summed E-state index contributed by atoms with van der Waals surface area (Å²) in [6.45, 7) is 3.28. The first-order valence-corrected chi connectivity index (χ1v) is 8.49. The number of anilines is 1. The average Bonchev–Trinajstić information content (AvgIpc) is 3.33. The van der Waals surface area contributed by atoms with Crippen LogP contribution in [0.3, 0.4) is 0 Å². The molecule has 1 aliphatic heterocycles. The van der Waals surface area contributed by atoms with Crippen LogP contribution in [-0.2, 0) is 6.54 Å². The van der Waals surface area contributed by atoms with Crippen molar-refractivity contribution < 1.29 is 0 Å². The van der Waals surface area contributed by atoms with E-state index in [-0.39, 0.29) is 0 Å². The van der Waals surface area contributed by atoms with Crippen molar-refractivity contribution in [2.24, 2.45) is 0 Å². The monoisotopic (exact) mass is 303 g/mol. The third-order valence-electron chi connectivity index (χ3n) is 4.33. The second kappa shape index (κ2) is 6.65. The lowest BCUT2D eigenvalue weighted by Gasteiger charge is -2.29. The van der Waals surface area contributed by atoms with Crippen LogP contribution in [0.15, 0.2) is 24.3 Å². The van der Waals surface area contributed by atoms with Gasteiger partial charge in [0.05, 0.1) is 0 Å². The van der Waals surface area contributed by atoms with Gasteiger partial charge in [-0.25, -0.2) is 0 Å². The SMILES string of the molecule is CN(Cc1ccc(N2CCCCC2)cc1)C(=S)NC1CC1. The van der Waals surface area contributed by atoms with E-state index in [1.807, 2.05) is 0 Å². The minimum Gasteiger partial charge on any atom is -0.372 e. The molecule has 1 heterocycles. The number of piperidine rings is 1. The van der Waals surface area contributed by atoms with Crippen LogP contribution in [0.25, 0.3) is 0 Å². The van der Waals surface area contributed by atoms with Gasteiger partial charge in [-0.05, 0) is 62.0 Å². The topological polar surface area (TPSA) is 18.5 Å². The molecule has 1 saturated carbocycles. The number of nitrogens with one attached hydrogen (secondary N) is 1. The number of benzene rings is 1. The van der Waals surface area contributed by atoms with Crippen molar-refractivity contribution in [3.8, 4) is 0 Å². The van der Waals surface area contributed by atoms with Crippen molar-refractivity contribution >= 4 is 23.0 Å². The lowest BCUT2D eigenvalue weighted by Crippen LogP contribution is -2.37. The molecule has 1 aromatic carbocycles. The van der Waals surface area contributed by atoms with Crippen molar-refractivity contribution in [3.05, 3.63) is 29.8 Å². The highest BCUT2D eigenvalue weighted by molar-refractivity contribution is 7.80. The summed E-state index contributed by atoms with van der Waals surface area (Å²) in [5, 5.41) is 4.26. The van der Waals surface area contributed by atoms with Crippen LogP contribution >= 0.6 is 12.2 Å². The van der Waals surface area contributed by atoms with Gasteiger partial charge in [0.15, 0.2) is 5.11 Å². The molecule has 1 saturated heterocycles. The molecule has 114 valence electrons. The Morgan fingerprint density at radius 1 is 1.19 bits per heavy atom. The fraction of sp³-hybridized carbons (Fsp3) is 0.588. The van der Waals surface area contributed by atoms with Crippen molar-refractivity contribution in [3.63, 3.8) is 0 Å². The molecule has 1 aliphatic carbocycles. The Morgan fingerprint density at radius 2 is 1.86 bits per heavy atom. The minimum absolute atomic E-state index is 0.626. The molecule has 0 radical (unpaired) electrons. The van der Waals surface area contributed by atoms with E-state index in [1.165, 1.54) is 56.4 Å². The minimum atomic E-state index is 0.626. The van der Waals surface area contributed by atoms with Crippen molar-refractivity contribution in [2.75, 3.05) is 25.0 Å². The van der Waals surface area contributed by atoms with Crippen LogP contribution in [0, 0.1) is 0 Å². The average molecular weight is 303 g/mol. The molecule has 1 N–H and O–H groups in total. The Morgan fingerprint density at radius 3 is 2.48 bits per heavy atom. The fourth-order valence-corrected chi connectivity index (χ4v) is 3.05. The zero-order chi connectivity index (χ0) is 14.7. The third-order valence-corrected chi connectivity index (χ3v) is 4.76. The quantitative estimate of drug-likeness (QED) is 0.861. The Kier molecular flexibility index (Phi) is 4.63. The van der Waals surface area contributed by atoms with Gasteiger partial charge in [-0.2, -0.15) is 0 Å². The Hall–Kier alpha value is -1.29. The Bertz CT molecular complexity index is 475. The van der Waals surface area contributed by atoms with E-state index in [4.69, 9.17) is 12.2 Å². The molecular weight excluding hydrogens is 278 g/mol. The van der Waals surface area contributed by atoms with E-state index in [0.29, 0.717) is 6.04 Å². The van der Waals surface area contributed by atoms with Crippen LogP contribution in [-0.4, -0.2) is 36.2 Å². The van der Waals surface area contributed by atoms with Crippen LogP contribution in [0.5, 0.6) is 0 Å². The summed E-state index contributed by atoms with van der Waals surface area (Å²) >= 11 is 5.43. The van der Waals surface area contributed by atoms with Gasteiger partial charge in [-0.3, -0.25) is 0 Å². The zero-order valence-corrected chi connectivity index (χ0v) is 13.7.